The maximum absolute atomic E-state index is 13.7. The second-order valence-electron chi connectivity index (χ2n) is 7.49. The van der Waals surface area contributed by atoms with Crippen LogP contribution >= 0.6 is 0 Å². The van der Waals surface area contributed by atoms with Crippen molar-refractivity contribution < 1.29 is 41.0 Å². The zero-order valence-electron chi connectivity index (χ0n) is 17.2. The summed E-state index contributed by atoms with van der Waals surface area (Å²) in [4.78, 5) is 18.5. The van der Waals surface area contributed by atoms with Crippen LogP contribution in [-0.4, -0.2) is 35.2 Å². The molecule has 0 saturated carbocycles. The topological polar surface area (TPSA) is 62.7 Å². The number of amides is 1. The van der Waals surface area contributed by atoms with Crippen molar-refractivity contribution in [2.24, 2.45) is 0 Å². The average Bonchev–Trinajstić information content (AvgIpc) is 3.13. The summed E-state index contributed by atoms with van der Waals surface area (Å²) in [5.74, 6) is -1.63. The SMILES string of the molecule is O=C1c2ccnc(-c3ccc(F)cc3OCC(F)(F)F)c2CN1c1ccc(C(O)C(F)F)cc1. The Balaban J connectivity index is 1.68. The molecule has 0 saturated heterocycles. The first-order chi connectivity index (χ1) is 16.0. The van der Waals surface area contributed by atoms with E-state index in [1.807, 2.05) is 0 Å². The molecule has 5 nitrogen and oxygen atoms in total. The van der Waals surface area contributed by atoms with Gasteiger partial charge in [0.2, 0.25) is 0 Å². The van der Waals surface area contributed by atoms with Gasteiger partial charge in [-0.15, -0.1) is 0 Å². The van der Waals surface area contributed by atoms with Crippen LogP contribution in [-0.2, 0) is 6.54 Å². The molecule has 1 aliphatic rings. The van der Waals surface area contributed by atoms with E-state index in [0.717, 1.165) is 12.1 Å². The Labute approximate surface area is 189 Å². The number of rotatable bonds is 6. The third-order valence-corrected chi connectivity index (χ3v) is 5.22. The molecule has 0 radical (unpaired) electrons. The lowest BCUT2D eigenvalue weighted by atomic mass is 10.0. The van der Waals surface area contributed by atoms with Crippen LogP contribution < -0.4 is 9.64 Å². The number of carbonyl (C=O) groups is 1. The van der Waals surface area contributed by atoms with Gasteiger partial charge in [-0.05, 0) is 35.9 Å². The smallest absolute Gasteiger partial charge is 0.422 e. The molecule has 4 rings (SSSR count). The van der Waals surface area contributed by atoms with Crippen molar-refractivity contribution >= 4 is 11.6 Å². The van der Waals surface area contributed by atoms with Crippen LogP contribution in [0, 0.1) is 5.82 Å². The predicted molar refractivity (Wildman–Crippen MR) is 109 cm³/mol. The van der Waals surface area contributed by atoms with Crippen LogP contribution in [0.4, 0.5) is 32.0 Å². The van der Waals surface area contributed by atoms with Gasteiger partial charge in [0.25, 0.3) is 12.3 Å². The largest absolute Gasteiger partial charge is 0.483 e. The third kappa shape index (κ3) is 4.69. The summed E-state index contributed by atoms with van der Waals surface area (Å²) >= 11 is 0. The highest BCUT2D eigenvalue weighted by atomic mass is 19.4. The molecule has 1 unspecified atom stereocenters. The lowest BCUT2D eigenvalue weighted by molar-refractivity contribution is -0.153. The number of benzene rings is 2. The van der Waals surface area contributed by atoms with E-state index < -0.39 is 37.0 Å². The Morgan fingerprint density at radius 3 is 2.41 bits per heavy atom. The molecule has 0 spiro atoms. The Bertz CT molecular complexity index is 1210. The van der Waals surface area contributed by atoms with E-state index in [4.69, 9.17) is 4.74 Å². The molecule has 1 atom stereocenters. The zero-order valence-corrected chi connectivity index (χ0v) is 17.2. The van der Waals surface area contributed by atoms with E-state index in [1.54, 1.807) is 0 Å². The summed E-state index contributed by atoms with van der Waals surface area (Å²) in [6, 6.07) is 9.84. The summed E-state index contributed by atoms with van der Waals surface area (Å²) in [5.41, 5.74) is 1.16. The van der Waals surface area contributed by atoms with Crippen LogP contribution in [0.5, 0.6) is 5.75 Å². The number of halogens is 6. The monoisotopic (exact) mass is 482 g/mol. The summed E-state index contributed by atoms with van der Waals surface area (Å²) in [6.45, 7) is -1.66. The first-order valence-electron chi connectivity index (χ1n) is 9.90. The van der Waals surface area contributed by atoms with Gasteiger partial charge < -0.3 is 14.7 Å². The number of hydrogen-bond acceptors (Lipinski definition) is 4. The molecular weight excluding hydrogens is 466 g/mol. The highest BCUT2D eigenvalue weighted by Gasteiger charge is 2.33. The standard InChI is InChI=1S/C23H16F6N2O3/c24-13-3-6-16(18(9-13)34-11-23(27,28)29)19-17-10-31(22(33)15(17)7-8-30-19)14-4-1-12(2-5-14)20(32)21(25)26/h1-9,20-21,32H,10-11H2. The van der Waals surface area contributed by atoms with Crippen LogP contribution in [0.2, 0.25) is 0 Å². The van der Waals surface area contributed by atoms with Crippen molar-refractivity contribution in [3.8, 4) is 17.0 Å². The van der Waals surface area contributed by atoms with Gasteiger partial charge in [-0.1, -0.05) is 12.1 Å². The molecule has 1 aromatic heterocycles. The Morgan fingerprint density at radius 2 is 1.76 bits per heavy atom. The van der Waals surface area contributed by atoms with Crippen LogP contribution in [0.25, 0.3) is 11.3 Å². The fraction of sp³-hybridized carbons (Fsp3) is 0.217. The van der Waals surface area contributed by atoms with E-state index in [0.29, 0.717) is 11.3 Å². The highest BCUT2D eigenvalue weighted by Crippen LogP contribution is 2.38. The number of aliphatic hydroxyl groups is 1. The lowest BCUT2D eigenvalue weighted by Gasteiger charge is -2.18. The number of aliphatic hydroxyl groups excluding tert-OH is 1. The number of pyridine rings is 1. The Kier molecular flexibility index (Phi) is 6.22. The Hall–Kier alpha value is -3.60. The van der Waals surface area contributed by atoms with Gasteiger partial charge in [0, 0.05) is 34.6 Å². The molecule has 0 fully saturated rings. The number of aromatic nitrogens is 1. The van der Waals surface area contributed by atoms with Crippen molar-refractivity contribution in [3.63, 3.8) is 0 Å². The van der Waals surface area contributed by atoms with E-state index >= 15 is 0 Å². The molecule has 1 aliphatic heterocycles. The number of ether oxygens (including phenoxy) is 1. The van der Waals surface area contributed by atoms with E-state index in [9.17, 15) is 36.2 Å². The summed E-state index contributed by atoms with van der Waals surface area (Å²) in [6.07, 6.45) is -8.28. The van der Waals surface area contributed by atoms with Gasteiger partial charge in [0.1, 0.15) is 17.7 Å². The van der Waals surface area contributed by atoms with Gasteiger partial charge in [0.05, 0.1) is 12.2 Å². The number of fused-ring (bicyclic) bond motifs is 1. The fourth-order valence-electron chi connectivity index (χ4n) is 3.64. The number of nitrogens with zero attached hydrogens (tertiary/aromatic N) is 2. The number of hydrogen-bond donors (Lipinski definition) is 1. The Morgan fingerprint density at radius 1 is 1.06 bits per heavy atom. The number of alkyl halides is 5. The van der Waals surface area contributed by atoms with Gasteiger partial charge in [0.15, 0.2) is 6.61 Å². The lowest BCUT2D eigenvalue weighted by Crippen LogP contribution is -2.23. The maximum atomic E-state index is 13.7. The van der Waals surface area contributed by atoms with Crippen LogP contribution in [0.3, 0.4) is 0 Å². The quantitative estimate of drug-likeness (QED) is 0.486. The molecule has 3 aromatic rings. The number of carbonyl (C=O) groups excluding carboxylic acids is 1. The summed E-state index contributed by atoms with van der Waals surface area (Å²) < 4.78 is 82.0. The summed E-state index contributed by atoms with van der Waals surface area (Å²) in [7, 11) is 0. The molecule has 0 bridgehead atoms. The molecule has 1 N–H and O–H groups in total. The molecule has 0 aliphatic carbocycles. The summed E-state index contributed by atoms with van der Waals surface area (Å²) in [5, 5.41) is 9.50. The minimum Gasteiger partial charge on any atom is -0.483 e. The highest BCUT2D eigenvalue weighted by molar-refractivity contribution is 6.11. The van der Waals surface area contributed by atoms with Crippen LogP contribution in [0.1, 0.15) is 27.6 Å². The third-order valence-electron chi connectivity index (χ3n) is 5.22. The van der Waals surface area contributed by atoms with Crippen molar-refractivity contribution in [1.29, 1.82) is 0 Å². The van der Waals surface area contributed by atoms with Gasteiger partial charge in [-0.3, -0.25) is 9.78 Å². The molecule has 2 heterocycles. The second-order valence-corrected chi connectivity index (χ2v) is 7.49. The van der Waals surface area contributed by atoms with Crippen molar-refractivity contribution in [2.45, 2.75) is 25.3 Å². The molecular formula is C23H16F6N2O3. The van der Waals surface area contributed by atoms with Crippen molar-refractivity contribution in [3.05, 3.63) is 77.2 Å². The van der Waals surface area contributed by atoms with Gasteiger partial charge in [-0.25, -0.2) is 13.2 Å². The molecule has 1 amide bonds. The average molecular weight is 482 g/mol. The zero-order chi connectivity index (χ0) is 24.6. The van der Waals surface area contributed by atoms with Gasteiger partial charge in [-0.2, -0.15) is 13.2 Å². The minimum atomic E-state index is -4.65. The first-order valence-corrected chi connectivity index (χ1v) is 9.90. The molecule has 2 aromatic carbocycles. The van der Waals surface area contributed by atoms with E-state index in [1.165, 1.54) is 47.5 Å². The minimum absolute atomic E-state index is 0.0236. The normalized spacial score (nSPS) is 14.5. The molecule has 178 valence electrons. The molecule has 34 heavy (non-hydrogen) atoms. The predicted octanol–water partition coefficient (Wildman–Crippen LogP) is 5.29. The number of anilines is 1. The van der Waals surface area contributed by atoms with Crippen molar-refractivity contribution in [2.75, 3.05) is 11.5 Å². The van der Waals surface area contributed by atoms with Gasteiger partial charge >= 0.3 is 6.18 Å². The second kappa shape index (κ2) is 8.98. The van der Waals surface area contributed by atoms with E-state index in [2.05, 4.69) is 4.98 Å². The molecule has 11 heteroatoms. The van der Waals surface area contributed by atoms with Crippen LogP contribution in [0.15, 0.2) is 54.7 Å². The maximum Gasteiger partial charge on any atom is 0.422 e. The van der Waals surface area contributed by atoms with E-state index in [-0.39, 0.29) is 34.7 Å². The van der Waals surface area contributed by atoms with Crippen molar-refractivity contribution in [1.82, 2.24) is 4.98 Å². The fourth-order valence-corrected chi connectivity index (χ4v) is 3.64. The first kappa shape index (κ1) is 23.6.